The quantitative estimate of drug-likeness (QED) is 0.941. The zero-order valence-electron chi connectivity index (χ0n) is 12.0. The van der Waals surface area contributed by atoms with Crippen molar-refractivity contribution in [2.45, 2.75) is 38.8 Å². The second-order valence-corrected chi connectivity index (χ2v) is 5.73. The molecule has 2 aromatic rings. The Kier molecular flexibility index (Phi) is 3.92. The van der Waals surface area contributed by atoms with Crippen LogP contribution in [0.3, 0.4) is 0 Å². The number of fused-ring (bicyclic) bond motifs is 1. The minimum atomic E-state index is -0.00736. The van der Waals surface area contributed by atoms with Gasteiger partial charge in [0.2, 0.25) is 11.2 Å². The standard InChI is InChI=1S/C15H17ClN4O/c1-9(2)21-15-19-13(16)18-14(20-15)17-12-7-10-5-3-4-6-11(10)8-12/h3-6,9,12H,7-8H2,1-2H3,(H,17,18,19,20). The summed E-state index contributed by atoms with van der Waals surface area (Å²) in [6.45, 7) is 3.83. The van der Waals surface area contributed by atoms with Crippen LogP contribution in [0.4, 0.5) is 5.95 Å². The predicted molar refractivity (Wildman–Crippen MR) is 81.9 cm³/mol. The number of hydrogen-bond donors (Lipinski definition) is 1. The normalized spacial score (nSPS) is 14.3. The van der Waals surface area contributed by atoms with Gasteiger partial charge < -0.3 is 10.1 Å². The van der Waals surface area contributed by atoms with Crippen LogP contribution in [0.1, 0.15) is 25.0 Å². The topological polar surface area (TPSA) is 59.9 Å². The summed E-state index contributed by atoms with van der Waals surface area (Å²) in [6, 6.07) is 8.97. The molecule has 21 heavy (non-hydrogen) atoms. The molecule has 0 spiro atoms. The van der Waals surface area contributed by atoms with Gasteiger partial charge in [-0.15, -0.1) is 0 Å². The van der Waals surface area contributed by atoms with Crippen molar-refractivity contribution in [3.63, 3.8) is 0 Å². The zero-order chi connectivity index (χ0) is 14.8. The molecule has 1 N–H and O–H groups in total. The molecule has 0 atom stereocenters. The number of nitrogens with one attached hydrogen (secondary N) is 1. The Morgan fingerprint density at radius 1 is 1.14 bits per heavy atom. The first kappa shape index (κ1) is 14.1. The predicted octanol–water partition coefficient (Wildman–Crippen LogP) is 2.89. The van der Waals surface area contributed by atoms with Gasteiger partial charge in [-0.3, -0.25) is 0 Å². The van der Waals surface area contributed by atoms with Crippen LogP contribution in [0.25, 0.3) is 0 Å². The van der Waals surface area contributed by atoms with E-state index in [0.29, 0.717) is 5.95 Å². The fourth-order valence-corrected chi connectivity index (χ4v) is 2.66. The van der Waals surface area contributed by atoms with Crippen LogP contribution in [0.5, 0.6) is 6.01 Å². The van der Waals surface area contributed by atoms with Crippen molar-refractivity contribution in [3.8, 4) is 6.01 Å². The maximum Gasteiger partial charge on any atom is 0.322 e. The molecule has 1 heterocycles. The van der Waals surface area contributed by atoms with E-state index in [1.807, 2.05) is 13.8 Å². The molecule has 3 rings (SSSR count). The molecule has 1 aromatic heterocycles. The van der Waals surface area contributed by atoms with E-state index in [2.05, 4.69) is 44.5 Å². The SMILES string of the molecule is CC(C)Oc1nc(Cl)nc(NC2Cc3ccccc3C2)n1. The average molecular weight is 305 g/mol. The molecule has 0 amide bonds. The molecule has 0 aliphatic heterocycles. The molecular formula is C15H17ClN4O. The fraction of sp³-hybridized carbons (Fsp3) is 0.400. The highest BCUT2D eigenvalue weighted by atomic mass is 35.5. The number of rotatable bonds is 4. The Labute approximate surface area is 128 Å². The molecule has 5 nitrogen and oxygen atoms in total. The second-order valence-electron chi connectivity index (χ2n) is 5.40. The van der Waals surface area contributed by atoms with E-state index in [0.717, 1.165) is 12.8 Å². The van der Waals surface area contributed by atoms with Crippen LogP contribution < -0.4 is 10.1 Å². The summed E-state index contributed by atoms with van der Waals surface area (Å²) in [7, 11) is 0. The van der Waals surface area contributed by atoms with Crippen LogP contribution in [-0.2, 0) is 12.8 Å². The number of halogens is 1. The van der Waals surface area contributed by atoms with E-state index in [1.54, 1.807) is 0 Å². The van der Waals surface area contributed by atoms with E-state index < -0.39 is 0 Å². The number of aromatic nitrogens is 3. The van der Waals surface area contributed by atoms with E-state index in [1.165, 1.54) is 11.1 Å². The highest BCUT2D eigenvalue weighted by Gasteiger charge is 2.22. The largest absolute Gasteiger partial charge is 0.461 e. The Morgan fingerprint density at radius 3 is 2.43 bits per heavy atom. The molecule has 0 unspecified atom stereocenters. The van der Waals surface area contributed by atoms with Crippen LogP contribution >= 0.6 is 11.6 Å². The van der Waals surface area contributed by atoms with E-state index in [-0.39, 0.29) is 23.4 Å². The van der Waals surface area contributed by atoms with Crippen molar-refractivity contribution in [2.24, 2.45) is 0 Å². The molecule has 6 heteroatoms. The van der Waals surface area contributed by atoms with Gasteiger partial charge in [0.1, 0.15) is 0 Å². The summed E-state index contributed by atoms with van der Waals surface area (Å²) in [4.78, 5) is 12.3. The van der Waals surface area contributed by atoms with Gasteiger partial charge in [0.25, 0.3) is 0 Å². The van der Waals surface area contributed by atoms with Gasteiger partial charge in [-0.25, -0.2) is 0 Å². The van der Waals surface area contributed by atoms with Crippen molar-refractivity contribution in [3.05, 3.63) is 40.7 Å². The van der Waals surface area contributed by atoms with Crippen LogP contribution in [-0.4, -0.2) is 27.1 Å². The van der Waals surface area contributed by atoms with Crippen LogP contribution in [0.15, 0.2) is 24.3 Å². The summed E-state index contributed by atoms with van der Waals surface area (Å²) in [5.41, 5.74) is 2.74. The number of hydrogen-bond acceptors (Lipinski definition) is 5. The summed E-state index contributed by atoms with van der Waals surface area (Å²) < 4.78 is 5.48. The first-order chi connectivity index (χ1) is 10.1. The molecule has 1 aliphatic carbocycles. The minimum Gasteiger partial charge on any atom is -0.461 e. The molecular weight excluding hydrogens is 288 g/mol. The third-order valence-corrected chi connectivity index (χ3v) is 3.48. The van der Waals surface area contributed by atoms with Crippen molar-refractivity contribution in [1.82, 2.24) is 15.0 Å². The molecule has 0 saturated heterocycles. The molecule has 0 radical (unpaired) electrons. The van der Waals surface area contributed by atoms with Gasteiger partial charge >= 0.3 is 6.01 Å². The lowest BCUT2D eigenvalue weighted by Crippen LogP contribution is -2.22. The maximum atomic E-state index is 5.93. The molecule has 0 bridgehead atoms. The Bertz CT molecular complexity index is 622. The number of anilines is 1. The Balaban J connectivity index is 1.73. The number of ether oxygens (including phenoxy) is 1. The first-order valence-electron chi connectivity index (χ1n) is 7.01. The third-order valence-electron chi connectivity index (χ3n) is 3.31. The highest BCUT2D eigenvalue weighted by Crippen LogP contribution is 2.24. The van der Waals surface area contributed by atoms with Gasteiger partial charge in [0, 0.05) is 6.04 Å². The first-order valence-corrected chi connectivity index (χ1v) is 7.39. The molecule has 1 aromatic carbocycles. The summed E-state index contributed by atoms with van der Waals surface area (Å²) in [5.74, 6) is 0.462. The number of nitrogens with zero attached hydrogens (tertiary/aromatic N) is 3. The summed E-state index contributed by atoms with van der Waals surface area (Å²) >= 11 is 5.93. The van der Waals surface area contributed by atoms with E-state index >= 15 is 0 Å². The van der Waals surface area contributed by atoms with Crippen molar-refractivity contribution in [1.29, 1.82) is 0 Å². The maximum absolute atomic E-state index is 5.93. The zero-order valence-corrected chi connectivity index (χ0v) is 12.8. The minimum absolute atomic E-state index is 0.00736. The molecule has 110 valence electrons. The van der Waals surface area contributed by atoms with Gasteiger partial charge in [-0.1, -0.05) is 24.3 Å². The molecule has 1 aliphatic rings. The van der Waals surface area contributed by atoms with Crippen molar-refractivity contribution < 1.29 is 4.74 Å². The second kappa shape index (κ2) is 5.85. The lowest BCUT2D eigenvalue weighted by Gasteiger charge is -2.13. The average Bonchev–Trinajstić information content (AvgIpc) is 2.78. The summed E-state index contributed by atoms with van der Waals surface area (Å²) in [5, 5.41) is 3.45. The monoisotopic (exact) mass is 304 g/mol. The van der Waals surface area contributed by atoms with Gasteiger partial charge in [0.15, 0.2) is 0 Å². The van der Waals surface area contributed by atoms with E-state index in [4.69, 9.17) is 16.3 Å². The number of benzene rings is 1. The fourth-order valence-electron chi connectivity index (χ4n) is 2.50. The highest BCUT2D eigenvalue weighted by molar-refractivity contribution is 6.28. The van der Waals surface area contributed by atoms with Crippen LogP contribution in [0, 0.1) is 0 Å². The van der Waals surface area contributed by atoms with Gasteiger partial charge in [-0.2, -0.15) is 15.0 Å². The van der Waals surface area contributed by atoms with Gasteiger partial charge in [-0.05, 0) is 49.4 Å². The van der Waals surface area contributed by atoms with Crippen LogP contribution in [0.2, 0.25) is 5.28 Å². The third kappa shape index (κ3) is 3.42. The lowest BCUT2D eigenvalue weighted by atomic mass is 10.1. The molecule has 0 saturated carbocycles. The Hall–Kier alpha value is -1.88. The van der Waals surface area contributed by atoms with E-state index in [9.17, 15) is 0 Å². The summed E-state index contributed by atoms with van der Waals surface area (Å²) in [6.07, 6.45) is 1.91. The smallest absolute Gasteiger partial charge is 0.322 e. The molecule has 0 fully saturated rings. The van der Waals surface area contributed by atoms with Crippen molar-refractivity contribution >= 4 is 17.5 Å². The van der Waals surface area contributed by atoms with Crippen molar-refractivity contribution in [2.75, 3.05) is 5.32 Å². The lowest BCUT2D eigenvalue weighted by molar-refractivity contribution is 0.222. The van der Waals surface area contributed by atoms with Gasteiger partial charge in [0.05, 0.1) is 6.10 Å². The Morgan fingerprint density at radius 2 is 1.81 bits per heavy atom.